The highest BCUT2D eigenvalue weighted by atomic mass is 14.7. The van der Waals surface area contributed by atoms with Crippen LogP contribution in [-0.4, -0.2) is 12.8 Å². The smallest absolute Gasteiger partial charge is 0.0276 e. The number of allylic oxidation sites excluding steroid dienone is 4. The molecule has 1 rings (SSSR count). The quantitative estimate of drug-likeness (QED) is 0.575. The van der Waals surface area contributed by atoms with Gasteiger partial charge in [-0.15, -0.1) is 0 Å². The molecule has 0 saturated carbocycles. The molecule has 0 aromatic carbocycles. The normalized spacial score (nSPS) is 28.5. The summed E-state index contributed by atoms with van der Waals surface area (Å²) >= 11 is 0. The van der Waals surface area contributed by atoms with E-state index in [0.717, 1.165) is 0 Å². The number of hydrogen-bond acceptors (Lipinski definition) is 1. The van der Waals surface area contributed by atoms with Crippen molar-refractivity contribution in [2.24, 2.45) is 22.7 Å². The minimum absolute atomic E-state index is 0.509. The maximum absolute atomic E-state index is 4.39. The Labute approximate surface area is 81.3 Å². The fourth-order valence-electron chi connectivity index (χ4n) is 1.88. The summed E-state index contributed by atoms with van der Waals surface area (Å²) < 4.78 is 0. The van der Waals surface area contributed by atoms with E-state index in [1.807, 2.05) is 7.05 Å². The Morgan fingerprint density at radius 3 is 2.31 bits per heavy atom. The molecule has 0 aromatic rings. The zero-order chi connectivity index (χ0) is 9.84. The molecule has 1 aliphatic carbocycles. The fourth-order valence-corrected chi connectivity index (χ4v) is 1.88. The van der Waals surface area contributed by atoms with Gasteiger partial charge in [-0.1, -0.05) is 45.1 Å². The second-order valence-electron chi connectivity index (χ2n) is 3.96. The Hall–Kier alpha value is -0.850. The molecule has 0 amide bonds. The van der Waals surface area contributed by atoms with Gasteiger partial charge in [0, 0.05) is 18.7 Å². The number of nitrogens with zero attached hydrogens (tertiary/aromatic N) is 1. The van der Waals surface area contributed by atoms with Gasteiger partial charge in [-0.05, 0) is 11.8 Å². The molecule has 0 spiro atoms. The first kappa shape index (κ1) is 10.2. The van der Waals surface area contributed by atoms with Crippen molar-refractivity contribution in [1.82, 2.24) is 0 Å². The van der Waals surface area contributed by atoms with E-state index >= 15 is 0 Å². The number of rotatable bonds is 2. The van der Waals surface area contributed by atoms with E-state index in [0.29, 0.717) is 17.8 Å². The van der Waals surface area contributed by atoms with E-state index in [9.17, 15) is 0 Å². The van der Waals surface area contributed by atoms with Crippen LogP contribution in [0.25, 0.3) is 0 Å². The van der Waals surface area contributed by atoms with Crippen LogP contribution in [0.5, 0.6) is 0 Å². The molecular weight excluding hydrogens is 158 g/mol. The van der Waals surface area contributed by atoms with Gasteiger partial charge in [0.2, 0.25) is 0 Å². The minimum atomic E-state index is 0.509. The van der Waals surface area contributed by atoms with Crippen molar-refractivity contribution in [3.63, 3.8) is 0 Å². The molecule has 2 atom stereocenters. The Morgan fingerprint density at radius 1 is 1.23 bits per heavy atom. The van der Waals surface area contributed by atoms with Crippen molar-refractivity contribution >= 4 is 5.71 Å². The molecule has 0 aliphatic heterocycles. The van der Waals surface area contributed by atoms with Gasteiger partial charge in [-0.2, -0.15) is 0 Å². The lowest BCUT2D eigenvalue weighted by atomic mass is 9.82. The lowest BCUT2D eigenvalue weighted by Crippen LogP contribution is -2.24. The molecule has 1 nitrogen and oxygen atoms in total. The standard InChI is InChI=1S/C12H19N/c1-9(2)12(13-4)11-8-6-5-7-10(11)3/h5-11H,1-4H3. The van der Waals surface area contributed by atoms with Crippen molar-refractivity contribution in [2.75, 3.05) is 7.05 Å². The van der Waals surface area contributed by atoms with Crippen LogP contribution in [-0.2, 0) is 0 Å². The average Bonchev–Trinajstić information content (AvgIpc) is 2.09. The third kappa shape index (κ3) is 2.30. The minimum Gasteiger partial charge on any atom is -0.297 e. The summed E-state index contributed by atoms with van der Waals surface area (Å²) in [5.74, 6) is 1.65. The van der Waals surface area contributed by atoms with Gasteiger partial charge < -0.3 is 0 Å². The third-order valence-corrected chi connectivity index (χ3v) is 2.60. The summed E-state index contributed by atoms with van der Waals surface area (Å²) in [6.07, 6.45) is 8.75. The van der Waals surface area contributed by atoms with Gasteiger partial charge in [0.05, 0.1) is 0 Å². The van der Waals surface area contributed by atoms with Crippen LogP contribution in [0.4, 0.5) is 0 Å². The monoisotopic (exact) mass is 177 g/mol. The van der Waals surface area contributed by atoms with Crippen LogP contribution in [0.3, 0.4) is 0 Å². The molecule has 0 heterocycles. The molecule has 0 fully saturated rings. The fraction of sp³-hybridized carbons (Fsp3) is 0.583. The van der Waals surface area contributed by atoms with Crippen LogP contribution in [0.2, 0.25) is 0 Å². The lowest BCUT2D eigenvalue weighted by molar-refractivity contribution is 0.607. The lowest BCUT2D eigenvalue weighted by Gasteiger charge is -2.24. The second-order valence-corrected chi connectivity index (χ2v) is 3.96. The van der Waals surface area contributed by atoms with Gasteiger partial charge in [0.25, 0.3) is 0 Å². The average molecular weight is 177 g/mol. The van der Waals surface area contributed by atoms with Gasteiger partial charge in [0.1, 0.15) is 0 Å². The van der Waals surface area contributed by atoms with Crippen LogP contribution >= 0.6 is 0 Å². The Kier molecular flexibility index (Phi) is 3.47. The van der Waals surface area contributed by atoms with Gasteiger partial charge in [-0.3, -0.25) is 4.99 Å². The highest BCUT2D eigenvalue weighted by Gasteiger charge is 2.21. The largest absolute Gasteiger partial charge is 0.297 e. The molecule has 0 N–H and O–H groups in total. The van der Waals surface area contributed by atoms with E-state index in [4.69, 9.17) is 0 Å². The summed E-state index contributed by atoms with van der Waals surface area (Å²) in [5.41, 5.74) is 1.31. The van der Waals surface area contributed by atoms with E-state index in [1.165, 1.54) is 5.71 Å². The van der Waals surface area contributed by atoms with E-state index < -0.39 is 0 Å². The van der Waals surface area contributed by atoms with Crippen molar-refractivity contribution in [3.05, 3.63) is 24.3 Å². The maximum Gasteiger partial charge on any atom is 0.0276 e. The zero-order valence-corrected chi connectivity index (χ0v) is 8.99. The summed E-state index contributed by atoms with van der Waals surface area (Å²) in [6, 6.07) is 0. The zero-order valence-electron chi connectivity index (χ0n) is 8.99. The van der Waals surface area contributed by atoms with Gasteiger partial charge >= 0.3 is 0 Å². The predicted molar refractivity (Wildman–Crippen MR) is 59.1 cm³/mol. The molecule has 0 aromatic heterocycles. The molecule has 0 saturated heterocycles. The highest BCUT2D eigenvalue weighted by Crippen LogP contribution is 2.23. The summed E-state index contributed by atoms with van der Waals surface area (Å²) in [4.78, 5) is 4.39. The Bertz CT molecular complexity index is 246. The summed E-state index contributed by atoms with van der Waals surface area (Å²) in [7, 11) is 1.90. The van der Waals surface area contributed by atoms with Crippen LogP contribution < -0.4 is 0 Å². The van der Waals surface area contributed by atoms with E-state index in [-0.39, 0.29) is 0 Å². The molecule has 0 bridgehead atoms. The van der Waals surface area contributed by atoms with Crippen molar-refractivity contribution in [2.45, 2.75) is 20.8 Å². The third-order valence-electron chi connectivity index (χ3n) is 2.60. The molecular formula is C12H19N. The summed E-state index contributed by atoms with van der Waals surface area (Å²) in [6.45, 7) is 6.67. The van der Waals surface area contributed by atoms with Gasteiger partial charge in [0.15, 0.2) is 0 Å². The highest BCUT2D eigenvalue weighted by molar-refractivity contribution is 5.90. The molecule has 2 unspecified atom stereocenters. The van der Waals surface area contributed by atoms with Gasteiger partial charge in [-0.25, -0.2) is 0 Å². The number of hydrogen-bond donors (Lipinski definition) is 0. The number of aliphatic imine (C=N–C) groups is 1. The first-order valence-corrected chi connectivity index (χ1v) is 4.98. The van der Waals surface area contributed by atoms with Crippen LogP contribution in [0.1, 0.15) is 20.8 Å². The van der Waals surface area contributed by atoms with Crippen molar-refractivity contribution < 1.29 is 0 Å². The van der Waals surface area contributed by atoms with Crippen molar-refractivity contribution in [1.29, 1.82) is 0 Å². The topological polar surface area (TPSA) is 12.4 Å². The van der Waals surface area contributed by atoms with E-state index in [2.05, 4.69) is 50.1 Å². The van der Waals surface area contributed by atoms with Crippen molar-refractivity contribution in [3.8, 4) is 0 Å². The maximum atomic E-state index is 4.39. The van der Waals surface area contributed by atoms with Crippen LogP contribution in [0, 0.1) is 17.8 Å². The summed E-state index contributed by atoms with van der Waals surface area (Å²) in [5, 5.41) is 0. The molecule has 1 aliphatic rings. The molecule has 0 radical (unpaired) electrons. The second kappa shape index (κ2) is 4.40. The van der Waals surface area contributed by atoms with E-state index in [1.54, 1.807) is 0 Å². The predicted octanol–water partition coefficient (Wildman–Crippen LogP) is 3.09. The molecule has 72 valence electrons. The molecule has 1 heteroatoms. The molecule has 13 heavy (non-hydrogen) atoms. The first-order valence-electron chi connectivity index (χ1n) is 4.98. The Morgan fingerprint density at radius 2 is 1.85 bits per heavy atom. The Balaban J connectivity index is 2.81. The first-order chi connectivity index (χ1) is 6.16. The SMILES string of the molecule is CN=C(C(C)C)C1C=CC=CC1C. The van der Waals surface area contributed by atoms with Crippen LogP contribution in [0.15, 0.2) is 29.3 Å².